The SMILES string of the molecule is CCCCc1nc(C(C)(C)C)n(CCCC)c1N. The first kappa shape index (κ1) is 15.1. The van der Waals surface area contributed by atoms with E-state index in [9.17, 15) is 0 Å². The third kappa shape index (κ3) is 3.50. The minimum absolute atomic E-state index is 0.0618. The lowest BCUT2D eigenvalue weighted by molar-refractivity contribution is 0.491. The van der Waals surface area contributed by atoms with Crippen molar-refractivity contribution >= 4 is 5.82 Å². The number of rotatable bonds is 6. The van der Waals surface area contributed by atoms with Gasteiger partial charge in [-0.1, -0.05) is 47.5 Å². The molecule has 0 aliphatic carbocycles. The quantitative estimate of drug-likeness (QED) is 0.833. The molecule has 1 heterocycles. The summed E-state index contributed by atoms with van der Waals surface area (Å²) in [4.78, 5) is 4.81. The van der Waals surface area contributed by atoms with Crippen molar-refractivity contribution in [3.05, 3.63) is 11.5 Å². The maximum Gasteiger partial charge on any atom is 0.126 e. The van der Waals surface area contributed by atoms with E-state index in [-0.39, 0.29) is 5.41 Å². The van der Waals surface area contributed by atoms with Gasteiger partial charge in [-0.25, -0.2) is 4.98 Å². The second-order valence-electron chi connectivity index (χ2n) is 6.13. The number of unbranched alkanes of at least 4 members (excludes halogenated alkanes) is 2. The Kier molecular flexibility index (Phi) is 5.24. The van der Waals surface area contributed by atoms with Crippen LogP contribution in [0.3, 0.4) is 0 Å². The first-order valence-electron chi connectivity index (χ1n) is 7.27. The molecule has 2 N–H and O–H groups in total. The van der Waals surface area contributed by atoms with Crippen molar-refractivity contribution in [3.8, 4) is 0 Å². The summed E-state index contributed by atoms with van der Waals surface area (Å²) in [6.45, 7) is 12.0. The van der Waals surface area contributed by atoms with Gasteiger partial charge in [0.15, 0.2) is 0 Å². The molecule has 1 aromatic heterocycles. The molecule has 3 heteroatoms. The van der Waals surface area contributed by atoms with E-state index in [0.717, 1.165) is 36.7 Å². The first-order chi connectivity index (χ1) is 8.41. The minimum Gasteiger partial charge on any atom is -0.384 e. The van der Waals surface area contributed by atoms with E-state index in [4.69, 9.17) is 10.7 Å². The van der Waals surface area contributed by atoms with Gasteiger partial charge in [-0.05, 0) is 19.3 Å². The second-order valence-corrected chi connectivity index (χ2v) is 6.13. The molecule has 0 aliphatic heterocycles. The summed E-state index contributed by atoms with van der Waals surface area (Å²) in [5.41, 5.74) is 7.44. The highest BCUT2D eigenvalue weighted by atomic mass is 15.1. The summed E-state index contributed by atoms with van der Waals surface area (Å²) < 4.78 is 2.23. The van der Waals surface area contributed by atoms with Crippen molar-refractivity contribution in [1.82, 2.24) is 9.55 Å². The standard InChI is InChI=1S/C15H29N3/c1-6-8-10-12-13(16)18(11-9-7-2)14(17-12)15(3,4)5/h6-11,16H2,1-5H3. The zero-order chi connectivity index (χ0) is 13.8. The Labute approximate surface area is 112 Å². The van der Waals surface area contributed by atoms with Crippen LogP contribution >= 0.6 is 0 Å². The molecule has 0 aliphatic rings. The van der Waals surface area contributed by atoms with Crippen LogP contribution in [0, 0.1) is 0 Å². The van der Waals surface area contributed by atoms with Gasteiger partial charge in [0, 0.05) is 12.0 Å². The van der Waals surface area contributed by atoms with E-state index in [1.807, 2.05) is 0 Å². The molecule has 1 rings (SSSR count). The van der Waals surface area contributed by atoms with Gasteiger partial charge in [0.05, 0.1) is 5.69 Å². The van der Waals surface area contributed by atoms with Crippen LogP contribution in [0.15, 0.2) is 0 Å². The molecule has 18 heavy (non-hydrogen) atoms. The molecule has 0 radical (unpaired) electrons. The van der Waals surface area contributed by atoms with E-state index < -0.39 is 0 Å². The largest absolute Gasteiger partial charge is 0.384 e. The molecule has 0 aromatic carbocycles. The van der Waals surface area contributed by atoms with Gasteiger partial charge in [0.25, 0.3) is 0 Å². The van der Waals surface area contributed by atoms with E-state index >= 15 is 0 Å². The fraction of sp³-hybridized carbons (Fsp3) is 0.800. The highest BCUT2D eigenvalue weighted by Gasteiger charge is 2.24. The average Bonchev–Trinajstić information content (AvgIpc) is 2.61. The van der Waals surface area contributed by atoms with Crippen molar-refractivity contribution in [3.63, 3.8) is 0 Å². The van der Waals surface area contributed by atoms with Crippen molar-refractivity contribution in [1.29, 1.82) is 0 Å². The Morgan fingerprint density at radius 2 is 1.72 bits per heavy atom. The lowest BCUT2D eigenvalue weighted by Crippen LogP contribution is -2.20. The predicted molar refractivity (Wildman–Crippen MR) is 78.9 cm³/mol. The molecule has 0 saturated heterocycles. The third-order valence-electron chi connectivity index (χ3n) is 3.26. The molecule has 0 amide bonds. The zero-order valence-corrected chi connectivity index (χ0v) is 12.7. The van der Waals surface area contributed by atoms with Gasteiger partial charge < -0.3 is 10.3 Å². The zero-order valence-electron chi connectivity index (χ0n) is 12.7. The van der Waals surface area contributed by atoms with Crippen LogP contribution < -0.4 is 5.73 Å². The molecule has 0 atom stereocenters. The van der Waals surface area contributed by atoms with E-state index in [2.05, 4.69) is 39.2 Å². The van der Waals surface area contributed by atoms with Crippen LogP contribution in [0.4, 0.5) is 5.82 Å². The Morgan fingerprint density at radius 3 is 2.22 bits per heavy atom. The summed E-state index contributed by atoms with van der Waals surface area (Å²) >= 11 is 0. The summed E-state index contributed by atoms with van der Waals surface area (Å²) in [7, 11) is 0. The molecule has 3 nitrogen and oxygen atoms in total. The topological polar surface area (TPSA) is 43.8 Å². The molecule has 0 unspecified atom stereocenters. The van der Waals surface area contributed by atoms with E-state index in [1.165, 1.54) is 19.3 Å². The van der Waals surface area contributed by atoms with Crippen molar-refractivity contribution in [2.45, 2.75) is 78.7 Å². The molecular weight excluding hydrogens is 222 g/mol. The van der Waals surface area contributed by atoms with Crippen LogP contribution in [0.2, 0.25) is 0 Å². The smallest absolute Gasteiger partial charge is 0.126 e. The maximum absolute atomic E-state index is 6.28. The van der Waals surface area contributed by atoms with Gasteiger partial charge in [0.1, 0.15) is 11.6 Å². The molecule has 0 spiro atoms. The number of aromatic nitrogens is 2. The van der Waals surface area contributed by atoms with E-state index in [0.29, 0.717) is 0 Å². The van der Waals surface area contributed by atoms with Crippen molar-refractivity contribution < 1.29 is 0 Å². The minimum atomic E-state index is 0.0618. The average molecular weight is 251 g/mol. The lowest BCUT2D eigenvalue weighted by atomic mass is 9.95. The number of nitrogens with zero attached hydrogens (tertiary/aromatic N) is 2. The molecule has 104 valence electrons. The van der Waals surface area contributed by atoms with Gasteiger partial charge in [-0.15, -0.1) is 0 Å². The van der Waals surface area contributed by atoms with Crippen LogP contribution in [-0.2, 0) is 18.4 Å². The number of aryl methyl sites for hydroxylation is 1. The molecule has 1 aromatic rings. The van der Waals surface area contributed by atoms with Gasteiger partial charge in [-0.3, -0.25) is 0 Å². The number of nitrogen functional groups attached to an aromatic ring is 1. The Hall–Kier alpha value is -0.990. The summed E-state index contributed by atoms with van der Waals surface area (Å²) in [5, 5.41) is 0. The number of hydrogen-bond donors (Lipinski definition) is 1. The highest BCUT2D eigenvalue weighted by Crippen LogP contribution is 2.27. The normalized spacial score (nSPS) is 12.1. The van der Waals surface area contributed by atoms with Crippen LogP contribution in [0.1, 0.15) is 71.8 Å². The van der Waals surface area contributed by atoms with Gasteiger partial charge >= 0.3 is 0 Å². The third-order valence-corrected chi connectivity index (χ3v) is 3.26. The number of nitrogens with two attached hydrogens (primary N) is 1. The van der Waals surface area contributed by atoms with Crippen LogP contribution in [0.25, 0.3) is 0 Å². The van der Waals surface area contributed by atoms with E-state index in [1.54, 1.807) is 0 Å². The van der Waals surface area contributed by atoms with Crippen molar-refractivity contribution in [2.24, 2.45) is 0 Å². The first-order valence-corrected chi connectivity index (χ1v) is 7.27. The Bertz CT molecular complexity index is 372. The number of imidazole rings is 1. The summed E-state index contributed by atoms with van der Waals surface area (Å²) in [6.07, 6.45) is 5.71. The monoisotopic (exact) mass is 251 g/mol. The lowest BCUT2D eigenvalue weighted by Gasteiger charge is -2.20. The predicted octanol–water partition coefficient (Wildman–Crippen LogP) is 3.91. The Balaban J connectivity index is 3.06. The molecular formula is C15H29N3. The number of anilines is 1. The highest BCUT2D eigenvalue weighted by molar-refractivity contribution is 5.39. The van der Waals surface area contributed by atoms with Gasteiger partial charge in [0.2, 0.25) is 0 Å². The maximum atomic E-state index is 6.28. The molecule has 0 bridgehead atoms. The van der Waals surface area contributed by atoms with Crippen LogP contribution in [0.5, 0.6) is 0 Å². The van der Waals surface area contributed by atoms with Crippen LogP contribution in [-0.4, -0.2) is 9.55 Å². The summed E-state index contributed by atoms with van der Waals surface area (Å²) in [6, 6.07) is 0. The fourth-order valence-electron chi connectivity index (χ4n) is 2.16. The fourth-order valence-corrected chi connectivity index (χ4v) is 2.16. The Morgan fingerprint density at radius 1 is 1.11 bits per heavy atom. The van der Waals surface area contributed by atoms with Crippen molar-refractivity contribution in [2.75, 3.05) is 5.73 Å². The molecule has 0 fully saturated rings. The summed E-state index contributed by atoms with van der Waals surface area (Å²) in [5.74, 6) is 2.03. The number of hydrogen-bond acceptors (Lipinski definition) is 2. The second kappa shape index (κ2) is 6.26. The van der Waals surface area contributed by atoms with Gasteiger partial charge in [-0.2, -0.15) is 0 Å². The molecule has 0 saturated carbocycles.